The van der Waals surface area contributed by atoms with Crippen molar-refractivity contribution in [3.8, 4) is 11.3 Å². The number of pyridine rings is 1. The van der Waals surface area contributed by atoms with E-state index in [1.54, 1.807) is 25.2 Å². The highest BCUT2D eigenvalue weighted by Crippen LogP contribution is 2.33. The summed E-state index contributed by atoms with van der Waals surface area (Å²) in [4.78, 5) is 21.8. The zero-order valence-electron chi connectivity index (χ0n) is 17.8. The summed E-state index contributed by atoms with van der Waals surface area (Å²) in [5.74, 6) is 0.447. The number of benzene rings is 1. The highest BCUT2D eigenvalue weighted by molar-refractivity contribution is 7.90. The number of sulfone groups is 1. The second-order valence-electron chi connectivity index (χ2n) is 8.50. The molecule has 0 bridgehead atoms. The minimum Gasteiger partial charge on any atom is -0.372 e. The molecule has 3 N–H and O–H groups in total. The molecule has 0 atom stereocenters. The molecule has 164 valence electrons. The first-order valence-electron chi connectivity index (χ1n) is 9.90. The van der Waals surface area contributed by atoms with E-state index in [4.69, 9.17) is 0 Å². The zero-order chi connectivity index (χ0) is 22.6. The van der Waals surface area contributed by atoms with E-state index in [1.807, 2.05) is 0 Å². The van der Waals surface area contributed by atoms with Crippen molar-refractivity contribution in [2.24, 2.45) is 7.05 Å². The number of hydrogen-bond donors (Lipinski definition) is 3. The van der Waals surface area contributed by atoms with Crippen molar-refractivity contribution >= 4 is 32.2 Å². The monoisotopic (exact) mass is 443 g/mol. The van der Waals surface area contributed by atoms with E-state index < -0.39 is 15.6 Å². The van der Waals surface area contributed by atoms with Crippen LogP contribution in [0.25, 0.3) is 22.2 Å². The first kappa shape index (κ1) is 21.3. The van der Waals surface area contributed by atoms with E-state index in [0.717, 1.165) is 19.1 Å². The molecule has 1 fully saturated rings. The lowest BCUT2D eigenvalue weighted by molar-refractivity contribution is 0.111. The molecule has 3 aromatic rings. The highest BCUT2D eigenvalue weighted by Gasteiger charge is 2.25. The lowest BCUT2D eigenvalue weighted by Gasteiger charge is -2.23. The molecule has 2 aromatic heterocycles. The fourth-order valence-corrected chi connectivity index (χ4v) is 4.18. The number of fused-ring (bicyclic) bond motifs is 1. The third-order valence-corrected chi connectivity index (χ3v) is 6.08. The van der Waals surface area contributed by atoms with Crippen LogP contribution in [-0.2, 0) is 16.9 Å². The van der Waals surface area contributed by atoms with Gasteiger partial charge in [-0.05, 0) is 44.9 Å². The van der Waals surface area contributed by atoms with Gasteiger partial charge in [0.05, 0.1) is 28.1 Å². The lowest BCUT2D eigenvalue weighted by Crippen LogP contribution is -2.30. The Kier molecular flexibility index (Phi) is 5.01. The fourth-order valence-electron chi connectivity index (χ4n) is 3.32. The Morgan fingerprint density at radius 3 is 2.55 bits per heavy atom. The highest BCUT2D eigenvalue weighted by atomic mass is 32.2. The topological polar surface area (TPSA) is 126 Å². The molecule has 0 aliphatic heterocycles. The van der Waals surface area contributed by atoms with Crippen LogP contribution >= 0.6 is 0 Å². The molecule has 10 heteroatoms. The molecule has 2 heterocycles. The minimum atomic E-state index is -3.60. The third kappa shape index (κ3) is 4.54. The number of nitrogens with one attached hydrogen (secondary N) is 2. The van der Waals surface area contributed by atoms with Crippen LogP contribution in [0.5, 0.6) is 0 Å². The van der Waals surface area contributed by atoms with Crippen LogP contribution in [0.1, 0.15) is 26.7 Å². The summed E-state index contributed by atoms with van der Waals surface area (Å²) in [6.07, 6.45) is 4.57. The summed E-state index contributed by atoms with van der Waals surface area (Å²) in [7, 11) is -1.96. The van der Waals surface area contributed by atoms with Crippen LogP contribution in [0, 0.1) is 0 Å². The maximum absolute atomic E-state index is 12.7. The Hall–Kier alpha value is -2.98. The normalized spacial score (nSPS) is 14.6. The smallest absolute Gasteiger partial charge is 0.264 e. The number of aromatic nitrogens is 3. The average molecular weight is 444 g/mol. The molecule has 0 saturated heterocycles. The van der Waals surface area contributed by atoms with E-state index in [1.165, 1.54) is 30.8 Å². The first-order chi connectivity index (χ1) is 14.4. The lowest BCUT2D eigenvalue weighted by atomic mass is 10.1. The average Bonchev–Trinajstić information content (AvgIpc) is 3.46. The molecule has 0 spiro atoms. The van der Waals surface area contributed by atoms with Crippen molar-refractivity contribution in [1.29, 1.82) is 0 Å². The molecule has 1 aromatic carbocycles. The van der Waals surface area contributed by atoms with Crippen LogP contribution in [0.15, 0.2) is 40.3 Å². The maximum atomic E-state index is 12.7. The number of rotatable bonds is 6. The van der Waals surface area contributed by atoms with Crippen molar-refractivity contribution in [2.75, 3.05) is 16.9 Å². The number of nitrogens with zero attached hydrogens (tertiary/aromatic N) is 3. The number of hydrogen-bond acceptors (Lipinski definition) is 8. The molecule has 0 unspecified atom stereocenters. The summed E-state index contributed by atoms with van der Waals surface area (Å²) < 4.78 is 26.3. The predicted octanol–water partition coefficient (Wildman–Crippen LogP) is 2.11. The van der Waals surface area contributed by atoms with Gasteiger partial charge in [-0.3, -0.25) is 4.79 Å². The number of aryl methyl sites for hydroxylation is 1. The molecule has 1 aliphatic carbocycles. The van der Waals surface area contributed by atoms with Crippen molar-refractivity contribution in [3.05, 3.63) is 40.9 Å². The molecule has 9 nitrogen and oxygen atoms in total. The fraction of sp³-hybridized carbons (Fsp3) is 0.381. The van der Waals surface area contributed by atoms with Crippen molar-refractivity contribution in [2.45, 2.75) is 43.4 Å². The van der Waals surface area contributed by atoms with Gasteiger partial charge in [-0.25, -0.2) is 18.4 Å². The van der Waals surface area contributed by atoms with Crippen LogP contribution in [0.3, 0.4) is 0 Å². The first-order valence-corrected chi connectivity index (χ1v) is 11.8. The Labute approximate surface area is 180 Å². The molecule has 1 saturated carbocycles. The predicted molar refractivity (Wildman–Crippen MR) is 120 cm³/mol. The summed E-state index contributed by atoms with van der Waals surface area (Å²) in [5.41, 5.74) is 0.335. The van der Waals surface area contributed by atoms with E-state index in [9.17, 15) is 18.3 Å². The summed E-state index contributed by atoms with van der Waals surface area (Å²) in [6.45, 7) is 3.06. The third-order valence-electron chi connectivity index (χ3n) is 4.94. The van der Waals surface area contributed by atoms with Crippen molar-refractivity contribution < 1.29 is 13.5 Å². The van der Waals surface area contributed by atoms with Gasteiger partial charge < -0.3 is 20.3 Å². The van der Waals surface area contributed by atoms with Gasteiger partial charge in [0.1, 0.15) is 16.9 Å². The van der Waals surface area contributed by atoms with Gasteiger partial charge in [0, 0.05) is 24.9 Å². The molecule has 31 heavy (non-hydrogen) atoms. The second kappa shape index (κ2) is 7.31. The summed E-state index contributed by atoms with van der Waals surface area (Å²) in [6, 6.07) is 6.78. The molecule has 4 rings (SSSR count). The van der Waals surface area contributed by atoms with E-state index in [0.29, 0.717) is 33.7 Å². The Morgan fingerprint density at radius 1 is 1.23 bits per heavy atom. The Balaban J connectivity index is 1.90. The number of anilines is 2. The second-order valence-corrected chi connectivity index (χ2v) is 10.5. The Bertz CT molecular complexity index is 1340. The minimum absolute atomic E-state index is 0.0441. The standard InChI is InChI=1S/C21H25N5O4S/c1-21(2,28)25-14-8-5-12(9-17(14)31(4,29)30)15-10-16-18(20(27)26(3)11-22-16)19(24-15)23-13-6-7-13/h5,8-11,13,25,28H,6-7H2,1-4H3,(H,23,24). The SMILES string of the molecule is Cn1cnc2cc(-c3ccc(NC(C)(C)O)c(S(C)(=O)=O)c3)nc(NC3CC3)c2c1=O. The van der Waals surface area contributed by atoms with Crippen LogP contribution < -0.4 is 16.2 Å². The Morgan fingerprint density at radius 2 is 1.94 bits per heavy atom. The van der Waals surface area contributed by atoms with E-state index in [-0.39, 0.29) is 16.5 Å². The molecular formula is C21H25N5O4S. The van der Waals surface area contributed by atoms with Crippen LogP contribution in [-0.4, -0.2) is 46.1 Å². The largest absolute Gasteiger partial charge is 0.372 e. The zero-order valence-corrected chi connectivity index (χ0v) is 18.6. The van der Waals surface area contributed by atoms with Gasteiger partial charge in [0.2, 0.25) is 0 Å². The van der Waals surface area contributed by atoms with Gasteiger partial charge in [0.15, 0.2) is 9.84 Å². The van der Waals surface area contributed by atoms with Crippen LogP contribution in [0.2, 0.25) is 0 Å². The quantitative estimate of drug-likeness (QED) is 0.495. The van der Waals surface area contributed by atoms with Crippen LogP contribution in [0.4, 0.5) is 11.5 Å². The molecule has 1 aliphatic rings. The van der Waals surface area contributed by atoms with Gasteiger partial charge in [0.25, 0.3) is 5.56 Å². The molecule has 0 amide bonds. The maximum Gasteiger partial charge on any atom is 0.264 e. The summed E-state index contributed by atoms with van der Waals surface area (Å²) in [5, 5.41) is 16.6. The van der Waals surface area contributed by atoms with E-state index in [2.05, 4.69) is 20.6 Å². The van der Waals surface area contributed by atoms with Crippen molar-refractivity contribution in [3.63, 3.8) is 0 Å². The summed E-state index contributed by atoms with van der Waals surface area (Å²) >= 11 is 0. The van der Waals surface area contributed by atoms with E-state index >= 15 is 0 Å². The van der Waals surface area contributed by atoms with Crippen molar-refractivity contribution in [1.82, 2.24) is 14.5 Å². The number of aliphatic hydroxyl groups is 1. The molecular weight excluding hydrogens is 418 g/mol. The van der Waals surface area contributed by atoms with Gasteiger partial charge in [-0.1, -0.05) is 6.07 Å². The van der Waals surface area contributed by atoms with Gasteiger partial charge in [-0.15, -0.1) is 0 Å². The van der Waals surface area contributed by atoms with Gasteiger partial charge >= 0.3 is 0 Å². The van der Waals surface area contributed by atoms with Gasteiger partial charge in [-0.2, -0.15) is 0 Å². The molecule has 0 radical (unpaired) electrons.